The summed E-state index contributed by atoms with van der Waals surface area (Å²) < 4.78 is 2.33. The highest BCUT2D eigenvalue weighted by molar-refractivity contribution is 6.25. The van der Waals surface area contributed by atoms with Crippen molar-refractivity contribution < 1.29 is 0 Å². The van der Waals surface area contributed by atoms with Crippen LogP contribution in [-0.2, 0) is 0 Å². The van der Waals surface area contributed by atoms with Crippen LogP contribution >= 0.6 is 0 Å². The van der Waals surface area contributed by atoms with Gasteiger partial charge in [0.1, 0.15) is 5.65 Å². The summed E-state index contributed by atoms with van der Waals surface area (Å²) in [6.45, 7) is 4.34. The Balaban J connectivity index is 1.77. The van der Waals surface area contributed by atoms with Gasteiger partial charge in [0.2, 0.25) is 0 Å². The van der Waals surface area contributed by atoms with Gasteiger partial charge in [0.25, 0.3) is 0 Å². The van der Waals surface area contributed by atoms with Gasteiger partial charge in [-0.25, -0.2) is 4.98 Å². The minimum atomic E-state index is 1.01. The molecule has 5 aromatic carbocycles. The van der Waals surface area contributed by atoms with E-state index in [0.717, 1.165) is 11.3 Å². The van der Waals surface area contributed by atoms with Crippen LogP contribution in [0.5, 0.6) is 0 Å². The molecule has 7 aromatic rings. The first-order valence-corrected chi connectivity index (χ1v) is 11.4. The lowest BCUT2D eigenvalue weighted by molar-refractivity contribution is 1.28. The number of pyridine rings is 1. The third kappa shape index (κ3) is 2.52. The first-order valence-electron chi connectivity index (χ1n) is 11.4. The molecule has 7 rings (SSSR count). The number of rotatable bonds is 1. The van der Waals surface area contributed by atoms with E-state index in [0.29, 0.717) is 0 Å². The van der Waals surface area contributed by atoms with Gasteiger partial charge in [0.05, 0.1) is 11.2 Å². The van der Waals surface area contributed by atoms with Gasteiger partial charge >= 0.3 is 0 Å². The molecule has 2 heterocycles. The molecule has 0 atom stereocenters. The number of imidazole rings is 1. The summed E-state index contributed by atoms with van der Waals surface area (Å²) in [6, 6.07) is 32.8. The molecule has 0 aliphatic carbocycles. The molecule has 0 saturated heterocycles. The van der Waals surface area contributed by atoms with Gasteiger partial charge in [-0.15, -0.1) is 0 Å². The minimum absolute atomic E-state index is 1.01. The van der Waals surface area contributed by atoms with Gasteiger partial charge in [-0.3, -0.25) is 4.40 Å². The summed E-state index contributed by atoms with van der Waals surface area (Å²) >= 11 is 0. The average Bonchev–Trinajstić information content (AvgIpc) is 3.28. The van der Waals surface area contributed by atoms with Crippen LogP contribution in [-0.4, -0.2) is 9.38 Å². The number of hydrogen-bond donors (Lipinski definition) is 0. The predicted molar refractivity (Wildman–Crippen MR) is 140 cm³/mol. The Morgan fingerprint density at radius 2 is 1.24 bits per heavy atom. The molecule has 0 aliphatic rings. The van der Waals surface area contributed by atoms with Crippen molar-refractivity contribution in [2.75, 3.05) is 0 Å². The molecule has 0 saturated carbocycles. The van der Waals surface area contributed by atoms with Crippen LogP contribution in [0.25, 0.3) is 60.1 Å². The largest absolute Gasteiger partial charge is 0.298 e. The summed E-state index contributed by atoms with van der Waals surface area (Å²) in [5.74, 6) is 0. The molecule has 0 N–H and O–H groups in total. The van der Waals surface area contributed by atoms with Crippen LogP contribution in [0.4, 0.5) is 0 Å². The van der Waals surface area contributed by atoms with Crippen molar-refractivity contribution in [3.8, 4) is 11.3 Å². The quantitative estimate of drug-likeness (QED) is 0.244. The molecule has 2 aromatic heterocycles. The maximum Gasteiger partial charge on any atom is 0.145 e. The molecule has 0 fully saturated rings. The number of fused-ring (bicyclic) bond motifs is 10. The van der Waals surface area contributed by atoms with Crippen molar-refractivity contribution in [3.63, 3.8) is 0 Å². The van der Waals surface area contributed by atoms with Crippen molar-refractivity contribution >= 4 is 48.9 Å². The summed E-state index contributed by atoms with van der Waals surface area (Å²) in [5, 5.41) is 8.75. The number of nitrogens with zero attached hydrogens (tertiary/aromatic N) is 2. The first kappa shape index (κ1) is 18.4. The monoisotopic (exact) mass is 422 g/mol. The normalized spacial score (nSPS) is 11.9. The Hall–Kier alpha value is -4.17. The number of hydrogen-bond acceptors (Lipinski definition) is 1. The second-order valence-corrected chi connectivity index (χ2v) is 8.98. The minimum Gasteiger partial charge on any atom is -0.298 e. The Morgan fingerprint density at radius 3 is 2.06 bits per heavy atom. The first-order chi connectivity index (χ1) is 16.2. The molecule has 33 heavy (non-hydrogen) atoms. The lowest BCUT2D eigenvalue weighted by atomic mass is 9.97. The molecule has 0 unspecified atom stereocenters. The van der Waals surface area contributed by atoms with Crippen LogP contribution < -0.4 is 0 Å². The molecule has 2 heteroatoms. The molecule has 156 valence electrons. The predicted octanol–water partition coefficient (Wildman–Crippen LogP) is 8.23. The maximum atomic E-state index is 5.23. The van der Waals surface area contributed by atoms with E-state index in [1.807, 2.05) is 0 Å². The van der Waals surface area contributed by atoms with E-state index in [1.165, 1.54) is 59.9 Å². The van der Waals surface area contributed by atoms with Crippen molar-refractivity contribution in [3.05, 3.63) is 108 Å². The zero-order valence-corrected chi connectivity index (χ0v) is 18.6. The zero-order chi connectivity index (χ0) is 22.1. The Labute approximate surface area is 191 Å². The lowest BCUT2D eigenvalue weighted by Crippen LogP contribution is -1.92. The molecule has 2 nitrogen and oxygen atoms in total. The molecular formula is C31H22N2. The van der Waals surface area contributed by atoms with E-state index in [9.17, 15) is 0 Å². The van der Waals surface area contributed by atoms with Crippen LogP contribution in [0.1, 0.15) is 11.1 Å². The third-order valence-corrected chi connectivity index (χ3v) is 7.02. The topological polar surface area (TPSA) is 17.3 Å². The zero-order valence-electron chi connectivity index (χ0n) is 18.6. The Bertz CT molecular complexity index is 1870. The number of aryl methyl sites for hydroxylation is 2. The maximum absolute atomic E-state index is 5.23. The number of benzene rings is 5. The highest BCUT2D eigenvalue weighted by Gasteiger charge is 2.17. The van der Waals surface area contributed by atoms with Gasteiger partial charge in [0.15, 0.2) is 0 Å². The molecule has 0 spiro atoms. The van der Waals surface area contributed by atoms with Crippen molar-refractivity contribution in [2.45, 2.75) is 13.8 Å². The van der Waals surface area contributed by atoms with Gasteiger partial charge < -0.3 is 0 Å². The van der Waals surface area contributed by atoms with Gasteiger partial charge in [-0.05, 0) is 46.5 Å². The number of aromatic nitrogens is 2. The van der Waals surface area contributed by atoms with E-state index in [1.54, 1.807) is 0 Å². The summed E-state index contributed by atoms with van der Waals surface area (Å²) in [6.07, 6.45) is 2.24. The average molecular weight is 423 g/mol. The SMILES string of the molecule is Cc1cccc(C)c1-c1cn2c(n1)c1ccccc1c1ccc3ccc4ccccc4c3c12. The smallest absolute Gasteiger partial charge is 0.145 e. The summed E-state index contributed by atoms with van der Waals surface area (Å²) in [5.41, 5.74) is 6.99. The van der Waals surface area contributed by atoms with E-state index < -0.39 is 0 Å². The standard InChI is InChI=1S/C31H22N2/c1-19-8-7-9-20(2)28(19)27-18-33-30-25(24-12-5-6-13-26(24)31(33)32-27)17-16-22-15-14-21-10-3-4-11-23(21)29(22)30/h3-18H,1-2H3. The molecule has 0 radical (unpaired) electrons. The Morgan fingerprint density at radius 1 is 0.576 bits per heavy atom. The lowest BCUT2D eigenvalue weighted by Gasteiger charge is -2.13. The highest BCUT2D eigenvalue weighted by Crippen LogP contribution is 2.38. The molecule has 0 bridgehead atoms. The van der Waals surface area contributed by atoms with E-state index >= 15 is 0 Å². The van der Waals surface area contributed by atoms with E-state index in [2.05, 4.69) is 115 Å². The van der Waals surface area contributed by atoms with Crippen LogP contribution in [0.15, 0.2) is 97.2 Å². The molecule has 0 amide bonds. The third-order valence-electron chi connectivity index (χ3n) is 7.02. The van der Waals surface area contributed by atoms with Crippen molar-refractivity contribution in [1.29, 1.82) is 0 Å². The van der Waals surface area contributed by atoms with Gasteiger partial charge in [-0.1, -0.05) is 91.0 Å². The van der Waals surface area contributed by atoms with Crippen molar-refractivity contribution in [2.24, 2.45) is 0 Å². The fraction of sp³-hybridized carbons (Fsp3) is 0.0645. The van der Waals surface area contributed by atoms with Crippen molar-refractivity contribution in [1.82, 2.24) is 9.38 Å². The second kappa shape index (κ2) is 6.66. The second-order valence-electron chi connectivity index (χ2n) is 8.98. The summed E-state index contributed by atoms with van der Waals surface area (Å²) in [4.78, 5) is 5.23. The highest BCUT2D eigenvalue weighted by atomic mass is 15.0. The van der Waals surface area contributed by atoms with E-state index in [4.69, 9.17) is 4.98 Å². The fourth-order valence-electron chi connectivity index (χ4n) is 5.54. The van der Waals surface area contributed by atoms with E-state index in [-0.39, 0.29) is 0 Å². The van der Waals surface area contributed by atoms with Gasteiger partial charge in [-0.2, -0.15) is 0 Å². The molecular weight excluding hydrogens is 400 g/mol. The molecule has 0 aliphatic heterocycles. The van der Waals surface area contributed by atoms with Crippen LogP contribution in [0.2, 0.25) is 0 Å². The Kier molecular flexibility index (Phi) is 3.72. The van der Waals surface area contributed by atoms with Gasteiger partial charge in [0, 0.05) is 27.9 Å². The van der Waals surface area contributed by atoms with Crippen LogP contribution in [0, 0.1) is 13.8 Å². The fourth-order valence-corrected chi connectivity index (χ4v) is 5.54. The summed E-state index contributed by atoms with van der Waals surface area (Å²) in [7, 11) is 0. The van der Waals surface area contributed by atoms with Crippen LogP contribution in [0.3, 0.4) is 0 Å².